The van der Waals surface area contributed by atoms with Gasteiger partial charge in [-0.25, -0.2) is 4.79 Å². The molecule has 22 heavy (non-hydrogen) atoms. The van der Waals surface area contributed by atoms with Crippen molar-refractivity contribution in [3.63, 3.8) is 0 Å². The first-order chi connectivity index (χ1) is 10.8. The SMILES string of the molecule is O=C(NC1CCOCC1)N(Cc1ccsc1)Cc1ccco1. The molecule has 1 N–H and O–H groups in total. The van der Waals surface area contributed by atoms with Crippen LogP contribution in [0, 0.1) is 0 Å². The minimum absolute atomic E-state index is 0.0468. The van der Waals surface area contributed by atoms with Gasteiger partial charge in [0.05, 0.1) is 12.8 Å². The largest absolute Gasteiger partial charge is 0.467 e. The fourth-order valence-electron chi connectivity index (χ4n) is 2.50. The summed E-state index contributed by atoms with van der Waals surface area (Å²) in [6.07, 6.45) is 3.38. The molecule has 1 fully saturated rings. The predicted molar refractivity (Wildman–Crippen MR) is 84.6 cm³/mol. The summed E-state index contributed by atoms with van der Waals surface area (Å²) in [4.78, 5) is 14.4. The van der Waals surface area contributed by atoms with E-state index in [4.69, 9.17) is 9.15 Å². The molecule has 0 radical (unpaired) electrons. The Bertz CT molecular complexity index is 526. The summed E-state index contributed by atoms with van der Waals surface area (Å²) >= 11 is 1.64. The van der Waals surface area contributed by atoms with E-state index in [1.807, 2.05) is 23.6 Å². The summed E-state index contributed by atoms with van der Waals surface area (Å²) in [5.74, 6) is 0.789. The van der Waals surface area contributed by atoms with Crippen LogP contribution in [0.5, 0.6) is 0 Å². The fourth-order valence-corrected chi connectivity index (χ4v) is 3.16. The minimum atomic E-state index is -0.0468. The van der Waals surface area contributed by atoms with E-state index in [2.05, 4.69) is 10.7 Å². The Hall–Kier alpha value is -1.79. The topological polar surface area (TPSA) is 54.7 Å². The number of furan rings is 1. The molecule has 118 valence electrons. The number of hydrogen-bond donors (Lipinski definition) is 1. The highest BCUT2D eigenvalue weighted by molar-refractivity contribution is 7.07. The fraction of sp³-hybridized carbons (Fsp3) is 0.438. The molecule has 0 unspecified atom stereocenters. The molecule has 3 heterocycles. The molecular formula is C16H20N2O3S. The Balaban J connectivity index is 1.64. The number of rotatable bonds is 5. The van der Waals surface area contributed by atoms with Crippen molar-refractivity contribution < 1.29 is 13.9 Å². The van der Waals surface area contributed by atoms with E-state index in [0.29, 0.717) is 26.3 Å². The van der Waals surface area contributed by atoms with Gasteiger partial charge in [0, 0.05) is 25.8 Å². The summed E-state index contributed by atoms with van der Waals surface area (Å²) in [7, 11) is 0. The van der Waals surface area contributed by atoms with Gasteiger partial charge in [0.15, 0.2) is 0 Å². The number of carbonyl (C=O) groups excluding carboxylic acids is 1. The van der Waals surface area contributed by atoms with Gasteiger partial charge in [0.2, 0.25) is 0 Å². The molecule has 2 aromatic heterocycles. The maximum atomic E-state index is 12.6. The summed E-state index contributed by atoms with van der Waals surface area (Å²) in [5, 5.41) is 7.20. The van der Waals surface area contributed by atoms with Crippen LogP contribution in [-0.2, 0) is 17.8 Å². The van der Waals surface area contributed by atoms with Crippen LogP contribution >= 0.6 is 11.3 Å². The molecule has 0 aromatic carbocycles. The molecule has 1 aliphatic rings. The van der Waals surface area contributed by atoms with Crippen molar-refractivity contribution in [2.45, 2.75) is 32.0 Å². The first-order valence-corrected chi connectivity index (χ1v) is 8.42. The van der Waals surface area contributed by atoms with Crippen molar-refractivity contribution >= 4 is 17.4 Å². The van der Waals surface area contributed by atoms with Crippen molar-refractivity contribution in [2.75, 3.05) is 13.2 Å². The Labute approximate surface area is 133 Å². The van der Waals surface area contributed by atoms with Gasteiger partial charge in [-0.3, -0.25) is 0 Å². The normalized spacial score (nSPS) is 15.6. The summed E-state index contributed by atoms with van der Waals surface area (Å²) in [6, 6.07) is 5.93. The molecular weight excluding hydrogens is 300 g/mol. The highest BCUT2D eigenvalue weighted by Gasteiger charge is 2.21. The minimum Gasteiger partial charge on any atom is -0.467 e. The zero-order valence-corrected chi connectivity index (χ0v) is 13.2. The van der Waals surface area contributed by atoms with Crippen LogP contribution in [0.3, 0.4) is 0 Å². The molecule has 0 saturated carbocycles. The molecule has 5 nitrogen and oxygen atoms in total. The zero-order valence-electron chi connectivity index (χ0n) is 12.4. The molecule has 0 aliphatic carbocycles. The first kappa shape index (κ1) is 15.1. The average molecular weight is 320 g/mol. The number of nitrogens with zero attached hydrogens (tertiary/aromatic N) is 1. The third-order valence-electron chi connectivity index (χ3n) is 3.72. The van der Waals surface area contributed by atoms with Crippen molar-refractivity contribution in [1.29, 1.82) is 0 Å². The van der Waals surface area contributed by atoms with Gasteiger partial charge in [-0.1, -0.05) is 0 Å². The van der Waals surface area contributed by atoms with Gasteiger partial charge in [-0.05, 0) is 47.4 Å². The van der Waals surface area contributed by atoms with Gasteiger partial charge < -0.3 is 19.4 Å². The predicted octanol–water partition coefficient (Wildman–Crippen LogP) is 3.23. The molecule has 0 atom stereocenters. The van der Waals surface area contributed by atoms with Crippen molar-refractivity contribution in [3.05, 3.63) is 46.5 Å². The van der Waals surface area contributed by atoms with E-state index in [1.165, 1.54) is 0 Å². The van der Waals surface area contributed by atoms with Crippen LogP contribution in [0.4, 0.5) is 4.79 Å². The van der Waals surface area contributed by atoms with E-state index >= 15 is 0 Å². The van der Waals surface area contributed by atoms with Gasteiger partial charge >= 0.3 is 6.03 Å². The Kier molecular flexibility index (Phi) is 5.13. The van der Waals surface area contributed by atoms with Crippen LogP contribution in [-0.4, -0.2) is 30.2 Å². The zero-order chi connectivity index (χ0) is 15.2. The lowest BCUT2D eigenvalue weighted by Gasteiger charge is -2.28. The molecule has 2 amide bonds. The van der Waals surface area contributed by atoms with E-state index in [0.717, 1.165) is 24.2 Å². The molecule has 1 aliphatic heterocycles. The Morgan fingerprint density at radius 1 is 1.32 bits per heavy atom. The van der Waals surface area contributed by atoms with Crippen molar-refractivity contribution in [3.8, 4) is 0 Å². The van der Waals surface area contributed by atoms with Crippen LogP contribution in [0.2, 0.25) is 0 Å². The quantitative estimate of drug-likeness (QED) is 0.920. The molecule has 1 saturated heterocycles. The first-order valence-electron chi connectivity index (χ1n) is 7.48. The average Bonchev–Trinajstić information content (AvgIpc) is 3.21. The third-order valence-corrected chi connectivity index (χ3v) is 4.45. The van der Waals surface area contributed by atoms with Crippen LogP contribution in [0.15, 0.2) is 39.6 Å². The summed E-state index contributed by atoms with van der Waals surface area (Å²) < 4.78 is 10.7. The van der Waals surface area contributed by atoms with Crippen LogP contribution < -0.4 is 5.32 Å². The second-order valence-electron chi connectivity index (χ2n) is 5.40. The number of thiophene rings is 1. The van der Waals surface area contributed by atoms with Crippen LogP contribution in [0.1, 0.15) is 24.2 Å². The van der Waals surface area contributed by atoms with E-state index in [9.17, 15) is 4.79 Å². The monoisotopic (exact) mass is 320 g/mol. The second kappa shape index (κ2) is 7.47. The van der Waals surface area contributed by atoms with E-state index in [1.54, 1.807) is 22.5 Å². The number of hydrogen-bond acceptors (Lipinski definition) is 4. The lowest BCUT2D eigenvalue weighted by atomic mass is 10.1. The maximum absolute atomic E-state index is 12.6. The summed E-state index contributed by atoms with van der Waals surface area (Å²) in [6.45, 7) is 2.48. The number of nitrogens with one attached hydrogen (secondary N) is 1. The number of amides is 2. The molecule has 0 bridgehead atoms. The maximum Gasteiger partial charge on any atom is 0.318 e. The smallest absolute Gasteiger partial charge is 0.318 e. The van der Waals surface area contributed by atoms with Gasteiger partial charge in [0.1, 0.15) is 5.76 Å². The number of urea groups is 1. The second-order valence-corrected chi connectivity index (χ2v) is 6.18. The number of ether oxygens (including phenoxy) is 1. The third kappa shape index (κ3) is 4.11. The number of carbonyl (C=O) groups is 1. The Morgan fingerprint density at radius 2 is 2.18 bits per heavy atom. The van der Waals surface area contributed by atoms with Crippen molar-refractivity contribution in [1.82, 2.24) is 10.2 Å². The van der Waals surface area contributed by atoms with Crippen molar-refractivity contribution in [2.24, 2.45) is 0 Å². The van der Waals surface area contributed by atoms with Gasteiger partial charge in [0.25, 0.3) is 0 Å². The molecule has 6 heteroatoms. The molecule has 3 rings (SSSR count). The molecule has 0 spiro atoms. The van der Waals surface area contributed by atoms with E-state index in [-0.39, 0.29) is 12.1 Å². The lowest BCUT2D eigenvalue weighted by molar-refractivity contribution is 0.0775. The van der Waals surface area contributed by atoms with Crippen LogP contribution in [0.25, 0.3) is 0 Å². The molecule has 2 aromatic rings. The van der Waals surface area contributed by atoms with E-state index < -0.39 is 0 Å². The highest BCUT2D eigenvalue weighted by Crippen LogP contribution is 2.14. The summed E-state index contributed by atoms with van der Waals surface area (Å²) in [5.41, 5.74) is 1.14. The van der Waals surface area contributed by atoms with Gasteiger partial charge in [-0.2, -0.15) is 11.3 Å². The highest BCUT2D eigenvalue weighted by atomic mass is 32.1. The lowest BCUT2D eigenvalue weighted by Crippen LogP contribution is -2.46. The Morgan fingerprint density at radius 3 is 2.86 bits per heavy atom. The standard InChI is InChI=1S/C16H20N2O3S/c19-16(17-14-3-7-20-8-4-14)18(10-13-5-9-22-12-13)11-15-2-1-6-21-15/h1-2,5-6,9,12,14H,3-4,7-8,10-11H2,(H,17,19). The van der Waals surface area contributed by atoms with Gasteiger partial charge in [-0.15, -0.1) is 0 Å².